The number of carbonyl (C=O) groups excluding carboxylic acids is 1. The maximum Gasteiger partial charge on any atom is 0.204 e. The third kappa shape index (κ3) is 4.89. The van der Waals surface area contributed by atoms with Crippen molar-refractivity contribution in [2.75, 3.05) is 6.61 Å². The van der Waals surface area contributed by atoms with Gasteiger partial charge in [-0.3, -0.25) is 4.79 Å². The number of carbonyl (C=O) groups is 1. The van der Waals surface area contributed by atoms with Crippen LogP contribution in [-0.2, 0) is 17.8 Å². The fraction of sp³-hybridized carbons (Fsp3) is 0.238. The highest BCUT2D eigenvalue weighted by Gasteiger charge is 2.16. The first-order valence-electron chi connectivity index (χ1n) is 9.00. The highest BCUT2D eigenvalue weighted by Crippen LogP contribution is 2.18. The van der Waals surface area contributed by atoms with Crippen molar-refractivity contribution in [3.63, 3.8) is 0 Å². The first-order valence-corrected chi connectivity index (χ1v) is 9.88. The summed E-state index contributed by atoms with van der Waals surface area (Å²) in [5.41, 5.74) is 8.30. The van der Waals surface area contributed by atoms with Gasteiger partial charge < -0.3 is 15.1 Å². The first kappa shape index (κ1) is 20.7. The normalized spacial score (nSPS) is 11.7. The largest absolute Gasteiger partial charge is 0.386 e. The first-order chi connectivity index (χ1) is 13.9. The van der Waals surface area contributed by atoms with Crippen LogP contribution in [0.1, 0.15) is 32.2 Å². The molecule has 0 atom stereocenters. The van der Waals surface area contributed by atoms with E-state index in [-0.39, 0.29) is 23.8 Å². The van der Waals surface area contributed by atoms with Crippen molar-refractivity contribution >= 4 is 23.0 Å². The summed E-state index contributed by atoms with van der Waals surface area (Å²) in [6, 6.07) is 9.09. The summed E-state index contributed by atoms with van der Waals surface area (Å²) in [6.45, 7) is 4.33. The third-order valence-electron chi connectivity index (χ3n) is 4.61. The van der Waals surface area contributed by atoms with Crippen molar-refractivity contribution in [1.82, 2.24) is 4.57 Å². The van der Waals surface area contributed by atoms with E-state index in [9.17, 15) is 13.6 Å². The molecule has 0 aliphatic carbocycles. The Bertz CT molecular complexity index is 1040. The van der Waals surface area contributed by atoms with Gasteiger partial charge in [0.15, 0.2) is 24.1 Å². The minimum Gasteiger partial charge on any atom is -0.386 e. The molecule has 0 bridgehead atoms. The van der Waals surface area contributed by atoms with Gasteiger partial charge in [-0.15, -0.1) is 11.3 Å². The number of ketones is 1. The molecule has 0 amide bonds. The molecule has 0 saturated heterocycles. The second kappa shape index (κ2) is 9.00. The molecular weight excluding hydrogens is 396 g/mol. The molecule has 29 heavy (non-hydrogen) atoms. The Labute approximate surface area is 171 Å². The Morgan fingerprint density at radius 1 is 1.21 bits per heavy atom. The van der Waals surface area contributed by atoms with Crippen LogP contribution in [0.3, 0.4) is 0 Å². The van der Waals surface area contributed by atoms with E-state index >= 15 is 0 Å². The smallest absolute Gasteiger partial charge is 0.204 e. The van der Waals surface area contributed by atoms with Crippen LogP contribution in [0.15, 0.2) is 46.9 Å². The van der Waals surface area contributed by atoms with E-state index in [1.807, 2.05) is 31.4 Å². The highest BCUT2D eigenvalue weighted by molar-refractivity contribution is 7.09. The van der Waals surface area contributed by atoms with E-state index in [1.54, 1.807) is 11.3 Å². The van der Waals surface area contributed by atoms with E-state index in [4.69, 9.17) is 10.6 Å². The topological polar surface area (TPSA) is 69.6 Å². The number of rotatable bonds is 8. The van der Waals surface area contributed by atoms with E-state index < -0.39 is 11.6 Å². The van der Waals surface area contributed by atoms with Crippen LogP contribution in [0, 0.1) is 25.5 Å². The fourth-order valence-corrected chi connectivity index (χ4v) is 3.75. The maximum absolute atomic E-state index is 13.3. The van der Waals surface area contributed by atoms with Crippen molar-refractivity contribution < 1.29 is 18.4 Å². The summed E-state index contributed by atoms with van der Waals surface area (Å²) in [5.74, 6) is -2.39. The molecule has 0 aliphatic rings. The molecule has 5 nitrogen and oxygen atoms in total. The van der Waals surface area contributed by atoms with Crippen LogP contribution in [-0.4, -0.2) is 22.8 Å². The zero-order chi connectivity index (χ0) is 21.0. The number of nitrogens with two attached hydrogens (primary N) is 1. The second-order valence-corrected chi connectivity index (χ2v) is 7.60. The number of oxime groups is 1. The van der Waals surface area contributed by atoms with Crippen molar-refractivity contribution in [3.8, 4) is 0 Å². The molecule has 0 radical (unpaired) electrons. The Morgan fingerprint density at radius 2 is 2.00 bits per heavy atom. The van der Waals surface area contributed by atoms with Gasteiger partial charge in [0.25, 0.3) is 0 Å². The maximum atomic E-state index is 13.3. The molecule has 2 heterocycles. The summed E-state index contributed by atoms with van der Waals surface area (Å²) in [7, 11) is 0. The Morgan fingerprint density at radius 3 is 2.69 bits per heavy atom. The fourth-order valence-electron chi connectivity index (χ4n) is 3.05. The van der Waals surface area contributed by atoms with Gasteiger partial charge in [-0.2, -0.15) is 0 Å². The number of nitrogens with zero attached hydrogens (tertiary/aromatic N) is 2. The average Bonchev–Trinajstić information content (AvgIpc) is 3.30. The standard InChI is InChI=1S/C21H21F2N3O2S/c1-13-10-17(14(2)26(13)8-7-16-4-3-9-29-16)20(27)12-28-25-21(24)15-5-6-18(22)19(23)11-15/h3-6,9-11H,7-8,12H2,1-2H3,(H2,24,25). The Balaban J connectivity index is 1.63. The average molecular weight is 417 g/mol. The van der Waals surface area contributed by atoms with Gasteiger partial charge in [0.2, 0.25) is 5.78 Å². The SMILES string of the molecule is Cc1cc(C(=O)CON=C(N)c2ccc(F)c(F)c2)c(C)n1CCc1cccs1. The van der Waals surface area contributed by atoms with Gasteiger partial charge in [-0.25, -0.2) is 8.78 Å². The Kier molecular flexibility index (Phi) is 6.43. The highest BCUT2D eigenvalue weighted by atomic mass is 32.1. The van der Waals surface area contributed by atoms with Crippen LogP contribution in [0.4, 0.5) is 8.78 Å². The zero-order valence-electron chi connectivity index (χ0n) is 16.1. The molecule has 2 aromatic heterocycles. The van der Waals surface area contributed by atoms with Crippen LogP contribution < -0.4 is 5.73 Å². The minimum absolute atomic E-state index is 0.141. The van der Waals surface area contributed by atoms with E-state index in [1.165, 1.54) is 10.9 Å². The van der Waals surface area contributed by atoms with Crippen LogP contribution >= 0.6 is 11.3 Å². The molecule has 152 valence electrons. The summed E-state index contributed by atoms with van der Waals surface area (Å²) < 4.78 is 28.4. The lowest BCUT2D eigenvalue weighted by molar-refractivity contribution is 0.0775. The molecule has 0 aliphatic heterocycles. The lowest BCUT2D eigenvalue weighted by Gasteiger charge is -2.09. The summed E-state index contributed by atoms with van der Waals surface area (Å²) in [6.07, 6.45) is 0.896. The molecule has 0 unspecified atom stereocenters. The molecule has 3 aromatic rings. The number of halogens is 2. The molecule has 8 heteroatoms. The van der Waals surface area contributed by atoms with E-state index in [0.717, 1.165) is 36.5 Å². The van der Waals surface area contributed by atoms with E-state index in [2.05, 4.69) is 15.8 Å². The van der Waals surface area contributed by atoms with Crippen LogP contribution in [0.2, 0.25) is 0 Å². The number of hydrogen-bond acceptors (Lipinski definition) is 4. The predicted octanol–water partition coefficient (Wildman–Crippen LogP) is 4.21. The zero-order valence-corrected chi connectivity index (χ0v) is 16.9. The van der Waals surface area contributed by atoms with Crippen molar-refractivity contribution in [2.24, 2.45) is 10.9 Å². The van der Waals surface area contributed by atoms with Crippen molar-refractivity contribution in [2.45, 2.75) is 26.8 Å². The van der Waals surface area contributed by atoms with Gasteiger partial charge in [0.05, 0.1) is 0 Å². The van der Waals surface area contributed by atoms with Gasteiger partial charge in [0, 0.05) is 33.9 Å². The molecule has 0 spiro atoms. The molecule has 0 saturated carbocycles. The van der Waals surface area contributed by atoms with Crippen molar-refractivity contribution in [1.29, 1.82) is 0 Å². The second-order valence-electron chi connectivity index (χ2n) is 6.57. The van der Waals surface area contributed by atoms with Gasteiger partial charge in [-0.1, -0.05) is 11.2 Å². The number of thiophene rings is 1. The molecule has 3 rings (SSSR count). The van der Waals surface area contributed by atoms with Crippen molar-refractivity contribution in [3.05, 3.63) is 80.8 Å². The molecule has 2 N–H and O–H groups in total. The van der Waals surface area contributed by atoms with E-state index in [0.29, 0.717) is 5.56 Å². The Hall–Kier alpha value is -3.00. The lowest BCUT2D eigenvalue weighted by Crippen LogP contribution is -2.16. The van der Waals surface area contributed by atoms with Crippen LogP contribution in [0.25, 0.3) is 0 Å². The minimum atomic E-state index is -1.04. The predicted molar refractivity (Wildman–Crippen MR) is 109 cm³/mol. The number of amidine groups is 1. The van der Waals surface area contributed by atoms with Gasteiger partial charge in [-0.05, 0) is 56.0 Å². The number of benzene rings is 1. The number of aromatic nitrogens is 1. The lowest BCUT2D eigenvalue weighted by atomic mass is 10.1. The van der Waals surface area contributed by atoms with Gasteiger partial charge in [0.1, 0.15) is 0 Å². The number of hydrogen-bond donors (Lipinski definition) is 1. The third-order valence-corrected chi connectivity index (χ3v) is 5.55. The quantitative estimate of drug-likeness (QED) is 0.258. The molecule has 0 fully saturated rings. The monoisotopic (exact) mass is 417 g/mol. The summed E-state index contributed by atoms with van der Waals surface area (Å²) in [5, 5.41) is 5.68. The van der Waals surface area contributed by atoms with Crippen LogP contribution in [0.5, 0.6) is 0 Å². The van der Waals surface area contributed by atoms with Gasteiger partial charge >= 0.3 is 0 Å². The molecule has 1 aromatic carbocycles. The molecular formula is C21H21F2N3O2S. The summed E-state index contributed by atoms with van der Waals surface area (Å²) >= 11 is 1.71. The number of aryl methyl sites for hydroxylation is 2. The summed E-state index contributed by atoms with van der Waals surface area (Å²) in [4.78, 5) is 18.9. The number of Topliss-reactive ketones (excluding diaryl/α,β-unsaturated/α-hetero) is 1.